The second-order valence-corrected chi connectivity index (χ2v) is 7.34. The fourth-order valence-electron chi connectivity index (χ4n) is 2.75. The molecule has 1 aromatic rings. The quantitative estimate of drug-likeness (QED) is 0.633. The Morgan fingerprint density at radius 3 is 2.52 bits per heavy atom. The number of amides is 2. The number of rotatable bonds is 4. The second-order valence-electron chi connectivity index (χ2n) is 7.34. The lowest BCUT2D eigenvalue weighted by molar-refractivity contribution is -0.384. The molecule has 1 aliphatic rings. The minimum Gasteiger partial charge on any atom is -0.444 e. The Morgan fingerprint density at radius 2 is 1.93 bits per heavy atom. The number of carbonyl (C=O) groups excluding carboxylic acids is 2. The van der Waals surface area contributed by atoms with Crippen LogP contribution in [0.4, 0.5) is 15.3 Å². The van der Waals surface area contributed by atoms with E-state index in [9.17, 15) is 19.7 Å². The summed E-state index contributed by atoms with van der Waals surface area (Å²) in [6, 6.07) is 5.05. The zero-order valence-corrected chi connectivity index (χ0v) is 15.8. The molecule has 1 unspecified atom stereocenters. The smallest absolute Gasteiger partial charge is 0.412 e. The molecule has 2 amide bonds. The average Bonchev–Trinajstić information content (AvgIpc) is 2.59. The number of hydrogen-bond donors (Lipinski definition) is 1. The predicted octanol–water partition coefficient (Wildman–Crippen LogP) is 3.47. The summed E-state index contributed by atoms with van der Waals surface area (Å²) in [7, 11) is 0. The van der Waals surface area contributed by atoms with Gasteiger partial charge in [0.1, 0.15) is 11.4 Å². The fourth-order valence-corrected chi connectivity index (χ4v) is 2.75. The number of likely N-dealkylation sites (tertiary alicyclic amines) is 1. The molecule has 1 aromatic carbocycles. The molecule has 27 heavy (non-hydrogen) atoms. The van der Waals surface area contributed by atoms with Gasteiger partial charge in [-0.25, -0.2) is 9.59 Å². The first kappa shape index (κ1) is 20.5. The van der Waals surface area contributed by atoms with Crippen molar-refractivity contribution in [3.8, 4) is 5.75 Å². The molecule has 9 nitrogen and oxygen atoms in total. The molecule has 0 spiro atoms. The van der Waals surface area contributed by atoms with Gasteiger partial charge in [-0.15, -0.1) is 0 Å². The van der Waals surface area contributed by atoms with Gasteiger partial charge in [0.25, 0.3) is 5.69 Å². The monoisotopic (exact) mass is 379 g/mol. The summed E-state index contributed by atoms with van der Waals surface area (Å²) in [6.07, 6.45) is 1.54. The van der Waals surface area contributed by atoms with Gasteiger partial charge >= 0.3 is 12.2 Å². The van der Waals surface area contributed by atoms with Crippen LogP contribution < -0.4 is 10.1 Å². The molecule has 0 bridgehead atoms. The second kappa shape index (κ2) is 8.70. The molecule has 1 fully saturated rings. The van der Waals surface area contributed by atoms with Crippen molar-refractivity contribution in [3.05, 3.63) is 34.4 Å². The summed E-state index contributed by atoms with van der Waals surface area (Å²) >= 11 is 0. The number of non-ortho nitro benzene ring substituents is 1. The molecule has 2 rings (SSSR count). The third-order valence-corrected chi connectivity index (χ3v) is 4.00. The van der Waals surface area contributed by atoms with Crippen LogP contribution in [0.3, 0.4) is 0 Å². The minimum absolute atomic E-state index is 0.0852. The number of nitrogens with zero attached hydrogens (tertiary/aromatic N) is 2. The summed E-state index contributed by atoms with van der Waals surface area (Å²) in [5, 5.41) is 13.3. The maximum atomic E-state index is 12.4. The van der Waals surface area contributed by atoms with Crippen LogP contribution in [-0.2, 0) is 4.74 Å². The van der Waals surface area contributed by atoms with Crippen LogP contribution in [0.2, 0.25) is 0 Å². The molecule has 1 heterocycles. The summed E-state index contributed by atoms with van der Waals surface area (Å²) in [4.78, 5) is 36.1. The maximum absolute atomic E-state index is 12.4. The largest absolute Gasteiger partial charge is 0.444 e. The van der Waals surface area contributed by atoms with Crippen LogP contribution >= 0.6 is 0 Å². The lowest BCUT2D eigenvalue weighted by Crippen LogP contribution is -2.51. The van der Waals surface area contributed by atoms with Crippen molar-refractivity contribution in [1.29, 1.82) is 0 Å². The Balaban J connectivity index is 1.88. The van der Waals surface area contributed by atoms with Crippen LogP contribution in [0.1, 0.15) is 40.0 Å². The summed E-state index contributed by atoms with van der Waals surface area (Å²) in [5.41, 5.74) is -0.667. The average molecular weight is 379 g/mol. The lowest BCUT2D eigenvalue weighted by atomic mass is 10.0. The molecule has 1 aliphatic heterocycles. The summed E-state index contributed by atoms with van der Waals surface area (Å²) < 4.78 is 10.5. The zero-order chi connectivity index (χ0) is 20.0. The highest BCUT2D eigenvalue weighted by atomic mass is 16.6. The van der Waals surface area contributed by atoms with E-state index >= 15 is 0 Å². The Bertz CT molecular complexity index is 683. The molecule has 0 aliphatic carbocycles. The van der Waals surface area contributed by atoms with Gasteiger partial charge in [-0.05, 0) is 52.2 Å². The first-order chi connectivity index (χ1) is 12.7. The van der Waals surface area contributed by atoms with Crippen LogP contribution in [0.5, 0.6) is 5.75 Å². The van der Waals surface area contributed by atoms with Crippen LogP contribution in [0.25, 0.3) is 0 Å². The standard InChI is InChI=1S/C18H25N3O6/c1-18(2,3)27-17(23)20-11-5-4-6-14(20)12-19-16(22)26-15-9-7-13(8-10-15)21(24)25/h7-10,14H,4-6,11-12H2,1-3H3,(H,19,22). The molecular formula is C18H25N3O6. The predicted molar refractivity (Wildman–Crippen MR) is 97.7 cm³/mol. The molecule has 1 N–H and O–H groups in total. The van der Waals surface area contributed by atoms with Gasteiger partial charge in [-0.3, -0.25) is 10.1 Å². The Hall–Kier alpha value is -2.84. The van der Waals surface area contributed by atoms with Crippen molar-refractivity contribution in [2.45, 2.75) is 51.7 Å². The third kappa shape index (κ3) is 6.43. The van der Waals surface area contributed by atoms with Gasteiger partial charge in [0.05, 0.1) is 11.0 Å². The van der Waals surface area contributed by atoms with Crippen LogP contribution in [0, 0.1) is 10.1 Å². The van der Waals surface area contributed by atoms with Crippen LogP contribution in [-0.4, -0.2) is 46.7 Å². The highest BCUT2D eigenvalue weighted by molar-refractivity contribution is 5.71. The van der Waals surface area contributed by atoms with E-state index < -0.39 is 22.7 Å². The SMILES string of the molecule is CC(C)(C)OC(=O)N1CCCCC1CNC(=O)Oc1ccc([N+](=O)[O-])cc1. The van der Waals surface area contributed by atoms with Crippen molar-refractivity contribution in [1.82, 2.24) is 10.2 Å². The van der Waals surface area contributed by atoms with E-state index in [4.69, 9.17) is 9.47 Å². The Morgan fingerprint density at radius 1 is 1.26 bits per heavy atom. The summed E-state index contributed by atoms with van der Waals surface area (Å²) in [5.74, 6) is 0.200. The number of carbonyl (C=O) groups is 2. The summed E-state index contributed by atoms with van der Waals surface area (Å²) in [6.45, 7) is 6.25. The lowest BCUT2D eigenvalue weighted by Gasteiger charge is -2.36. The van der Waals surface area contributed by atoms with E-state index in [1.807, 2.05) is 20.8 Å². The fraction of sp³-hybridized carbons (Fsp3) is 0.556. The van der Waals surface area contributed by atoms with E-state index in [1.165, 1.54) is 24.3 Å². The Labute approximate surface area is 157 Å². The molecular weight excluding hydrogens is 354 g/mol. The maximum Gasteiger partial charge on any atom is 0.412 e. The van der Waals surface area contributed by atoms with Crippen molar-refractivity contribution < 1.29 is 24.0 Å². The molecule has 0 radical (unpaired) electrons. The highest BCUT2D eigenvalue weighted by Crippen LogP contribution is 2.20. The number of benzene rings is 1. The highest BCUT2D eigenvalue weighted by Gasteiger charge is 2.30. The van der Waals surface area contributed by atoms with Crippen molar-refractivity contribution >= 4 is 17.9 Å². The number of nitro groups is 1. The number of nitrogens with one attached hydrogen (secondary N) is 1. The first-order valence-electron chi connectivity index (χ1n) is 8.85. The zero-order valence-electron chi connectivity index (χ0n) is 15.8. The number of hydrogen-bond acceptors (Lipinski definition) is 6. The number of piperidine rings is 1. The van der Waals surface area contributed by atoms with E-state index in [1.54, 1.807) is 4.90 Å². The van der Waals surface area contributed by atoms with Crippen LogP contribution in [0.15, 0.2) is 24.3 Å². The number of ether oxygens (including phenoxy) is 2. The molecule has 1 saturated heterocycles. The molecule has 0 saturated carbocycles. The van der Waals surface area contributed by atoms with E-state index in [0.717, 1.165) is 19.3 Å². The van der Waals surface area contributed by atoms with Gasteiger partial charge in [0.2, 0.25) is 0 Å². The first-order valence-corrected chi connectivity index (χ1v) is 8.85. The molecule has 0 aromatic heterocycles. The van der Waals surface area contributed by atoms with E-state index in [2.05, 4.69) is 5.32 Å². The number of nitro benzene ring substituents is 1. The van der Waals surface area contributed by atoms with E-state index in [-0.39, 0.29) is 24.0 Å². The van der Waals surface area contributed by atoms with Gasteiger partial charge < -0.3 is 19.7 Å². The van der Waals surface area contributed by atoms with Crippen molar-refractivity contribution in [2.24, 2.45) is 0 Å². The van der Waals surface area contributed by atoms with Gasteiger partial charge in [-0.2, -0.15) is 0 Å². The van der Waals surface area contributed by atoms with E-state index in [0.29, 0.717) is 6.54 Å². The third-order valence-electron chi connectivity index (χ3n) is 4.00. The minimum atomic E-state index is -0.682. The molecule has 9 heteroatoms. The van der Waals surface area contributed by atoms with Gasteiger partial charge in [0.15, 0.2) is 0 Å². The molecule has 148 valence electrons. The normalized spacial score (nSPS) is 17.1. The Kier molecular flexibility index (Phi) is 6.59. The van der Waals surface area contributed by atoms with Gasteiger partial charge in [0, 0.05) is 25.2 Å². The van der Waals surface area contributed by atoms with Crippen molar-refractivity contribution in [3.63, 3.8) is 0 Å². The van der Waals surface area contributed by atoms with Crippen molar-refractivity contribution in [2.75, 3.05) is 13.1 Å². The molecule has 1 atom stereocenters. The van der Waals surface area contributed by atoms with Gasteiger partial charge in [-0.1, -0.05) is 0 Å². The topological polar surface area (TPSA) is 111 Å².